The summed E-state index contributed by atoms with van der Waals surface area (Å²) in [5, 5.41) is 6.63. The Hall–Kier alpha value is -1.64. The lowest BCUT2D eigenvalue weighted by Crippen LogP contribution is -2.45. The van der Waals surface area contributed by atoms with E-state index < -0.39 is 10.0 Å². The van der Waals surface area contributed by atoms with Crippen LogP contribution in [0.2, 0.25) is 0 Å². The van der Waals surface area contributed by atoms with Crippen molar-refractivity contribution in [1.29, 1.82) is 0 Å². The molecule has 0 aromatic heterocycles. The number of sulfonamides is 1. The molecule has 0 spiro atoms. The van der Waals surface area contributed by atoms with Crippen molar-refractivity contribution in [1.82, 2.24) is 14.9 Å². The molecule has 2 aliphatic rings. The maximum atomic E-state index is 12.9. The first-order chi connectivity index (χ1) is 14.3. The molecule has 0 bridgehead atoms. The van der Waals surface area contributed by atoms with Gasteiger partial charge in [0.15, 0.2) is 5.96 Å². The molecule has 1 aromatic carbocycles. The predicted molar refractivity (Wildman–Crippen MR) is 120 cm³/mol. The number of benzene rings is 1. The van der Waals surface area contributed by atoms with E-state index in [4.69, 9.17) is 4.74 Å². The van der Waals surface area contributed by atoms with Crippen LogP contribution in [0, 0.1) is 5.92 Å². The number of piperidine rings is 1. The fourth-order valence-corrected chi connectivity index (χ4v) is 5.64. The lowest BCUT2D eigenvalue weighted by atomic mass is 10.0. The second-order valence-corrected chi connectivity index (χ2v) is 10.6. The van der Waals surface area contributed by atoms with Crippen molar-refractivity contribution in [3.63, 3.8) is 0 Å². The van der Waals surface area contributed by atoms with Crippen LogP contribution < -0.4 is 10.6 Å². The highest BCUT2D eigenvalue weighted by atomic mass is 32.2. The van der Waals surface area contributed by atoms with Crippen LogP contribution in [0.1, 0.15) is 52.0 Å². The average Bonchev–Trinajstić information content (AvgIpc) is 3.17. The van der Waals surface area contributed by atoms with Crippen molar-refractivity contribution >= 4 is 16.0 Å². The van der Waals surface area contributed by atoms with Crippen molar-refractivity contribution < 1.29 is 13.2 Å². The quantitative estimate of drug-likeness (QED) is 0.507. The fourth-order valence-electron chi connectivity index (χ4n) is 4.04. The molecule has 0 saturated carbocycles. The number of ether oxygens (including phenoxy) is 1. The molecule has 168 valence electrons. The summed E-state index contributed by atoms with van der Waals surface area (Å²) in [7, 11) is -3.42. The molecule has 8 heteroatoms. The van der Waals surface area contributed by atoms with Crippen LogP contribution >= 0.6 is 0 Å². The summed E-state index contributed by atoms with van der Waals surface area (Å²) < 4.78 is 33.3. The lowest BCUT2D eigenvalue weighted by molar-refractivity contribution is 0.0243. The monoisotopic (exact) mass is 436 g/mol. The highest BCUT2D eigenvalue weighted by Crippen LogP contribution is 2.24. The molecular formula is C22H36N4O3S. The molecule has 7 nitrogen and oxygen atoms in total. The number of nitrogens with one attached hydrogen (secondary N) is 2. The van der Waals surface area contributed by atoms with Crippen LogP contribution in [0.5, 0.6) is 0 Å². The molecule has 0 radical (unpaired) electrons. The van der Waals surface area contributed by atoms with Gasteiger partial charge in [0.2, 0.25) is 10.0 Å². The minimum Gasteiger partial charge on any atom is -0.373 e. The maximum absolute atomic E-state index is 12.9. The Morgan fingerprint density at radius 2 is 2.03 bits per heavy atom. The van der Waals surface area contributed by atoms with E-state index in [1.165, 1.54) is 0 Å². The van der Waals surface area contributed by atoms with Crippen LogP contribution in [0.15, 0.2) is 34.2 Å². The molecule has 0 aliphatic carbocycles. The summed E-state index contributed by atoms with van der Waals surface area (Å²) in [6, 6.07) is 7.11. The summed E-state index contributed by atoms with van der Waals surface area (Å²) in [6.45, 7) is 10.3. The highest BCUT2D eigenvalue weighted by molar-refractivity contribution is 7.89. The third-order valence-electron chi connectivity index (χ3n) is 5.88. The molecule has 2 unspecified atom stereocenters. The molecule has 2 atom stereocenters. The number of hydrogen-bond donors (Lipinski definition) is 2. The molecule has 2 N–H and O–H groups in total. The van der Waals surface area contributed by atoms with Gasteiger partial charge in [-0.3, -0.25) is 0 Å². The first-order valence-electron chi connectivity index (χ1n) is 11.1. The first-order valence-corrected chi connectivity index (χ1v) is 12.5. The third-order valence-corrected chi connectivity index (χ3v) is 7.75. The van der Waals surface area contributed by atoms with Crippen LogP contribution in [0.4, 0.5) is 0 Å². The Kier molecular flexibility index (Phi) is 7.76. The van der Waals surface area contributed by atoms with Gasteiger partial charge in [-0.1, -0.05) is 19.1 Å². The van der Waals surface area contributed by atoms with Crippen LogP contribution in [0.3, 0.4) is 0 Å². The van der Waals surface area contributed by atoms with Gasteiger partial charge < -0.3 is 15.4 Å². The van der Waals surface area contributed by atoms with Crippen molar-refractivity contribution in [2.24, 2.45) is 10.9 Å². The summed E-state index contributed by atoms with van der Waals surface area (Å²) in [6.07, 6.45) is 4.16. The van der Waals surface area contributed by atoms with Gasteiger partial charge >= 0.3 is 0 Å². The summed E-state index contributed by atoms with van der Waals surface area (Å²) in [5.41, 5.74) is 0.833. The highest BCUT2D eigenvalue weighted by Gasteiger charge is 2.30. The molecular weight excluding hydrogens is 400 g/mol. The van der Waals surface area contributed by atoms with Gasteiger partial charge in [0.1, 0.15) is 0 Å². The predicted octanol–water partition coefficient (Wildman–Crippen LogP) is 2.73. The molecule has 30 heavy (non-hydrogen) atoms. The van der Waals surface area contributed by atoms with E-state index in [0.29, 0.717) is 37.0 Å². The SMILES string of the molecule is CCNC(=NCc1ccc(S(=O)(=O)N2CCCC(C)C2)cc1)NCC1(C)CCCO1. The summed E-state index contributed by atoms with van der Waals surface area (Å²) >= 11 is 0. The van der Waals surface area contributed by atoms with E-state index in [9.17, 15) is 8.42 Å². The minimum absolute atomic E-state index is 0.141. The Balaban J connectivity index is 1.61. The summed E-state index contributed by atoms with van der Waals surface area (Å²) in [4.78, 5) is 5.01. The number of nitrogens with zero attached hydrogens (tertiary/aromatic N) is 2. The van der Waals surface area contributed by atoms with E-state index in [0.717, 1.165) is 50.4 Å². The van der Waals surface area contributed by atoms with Gasteiger partial charge in [0.25, 0.3) is 0 Å². The standard InChI is InChI=1S/C22H36N4O3S/c1-4-23-21(25-17-22(3)12-6-14-29-22)24-15-19-8-10-20(11-9-19)30(27,28)26-13-5-7-18(2)16-26/h8-11,18H,4-7,12-17H2,1-3H3,(H2,23,24,25). The zero-order chi connectivity index (χ0) is 21.6. The Labute approximate surface area is 181 Å². The smallest absolute Gasteiger partial charge is 0.243 e. The number of hydrogen-bond acceptors (Lipinski definition) is 4. The molecule has 2 saturated heterocycles. The Morgan fingerprint density at radius 1 is 1.27 bits per heavy atom. The number of rotatable bonds is 7. The molecule has 2 heterocycles. The van der Waals surface area contributed by atoms with E-state index >= 15 is 0 Å². The maximum Gasteiger partial charge on any atom is 0.243 e. The lowest BCUT2D eigenvalue weighted by Gasteiger charge is -2.30. The Bertz CT molecular complexity index is 817. The van der Waals surface area contributed by atoms with Crippen molar-refractivity contribution in [2.75, 3.05) is 32.8 Å². The fraction of sp³-hybridized carbons (Fsp3) is 0.682. The van der Waals surface area contributed by atoms with Gasteiger partial charge in [0, 0.05) is 32.8 Å². The van der Waals surface area contributed by atoms with Crippen molar-refractivity contribution in [3.8, 4) is 0 Å². The van der Waals surface area contributed by atoms with Gasteiger partial charge in [-0.15, -0.1) is 0 Å². The van der Waals surface area contributed by atoms with Gasteiger partial charge in [-0.05, 0) is 63.1 Å². The minimum atomic E-state index is -3.42. The second-order valence-electron chi connectivity index (χ2n) is 8.71. The average molecular weight is 437 g/mol. The topological polar surface area (TPSA) is 83.0 Å². The van der Waals surface area contributed by atoms with E-state index in [-0.39, 0.29) is 5.60 Å². The summed E-state index contributed by atoms with van der Waals surface area (Å²) in [5.74, 6) is 1.16. The van der Waals surface area contributed by atoms with Crippen molar-refractivity contribution in [2.45, 2.75) is 63.5 Å². The molecule has 1 aromatic rings. The van der Waals surface area contributed by atoms with Crippen LogP contribution in [0.25, 0.3) is 0 Å². The third kappa shape index (κ3) is 5.95. The Morgan fingerprint density at radius 3 is 2.67 bits per heavy atom. The zero-order valence-electron chi connectivity index (χ0n) is 18.5. The van der Waals surface area contributed by atoms with Gasteiger partial charge in [-0.25, -0.2) is 13.4 Å². The zero-order valence-corrected chi connectivity index (χ0v) is 19.3. The first kappa shape index (κ1) is 23.0. The van der Waals surface area contributed by atoms with Gasteiger partial charge in [0.05, 0.1) is 17.0 Å². The molecule has 2 fully saturated rings. The van der Waals surface area contributed by atoms with Crippen LogP contribution in [-0.2, 0) is 21.3 Å². The molecule has 0 amide bonds. The van der Waals surface area contributed by atoms with E-state index in [1.54, 1.807) is 16.4 Å². The van der Waals surface area contributed by atoms with Gasteiger partial charge in [-0.2, -0.15) is 4.31 Å². The molecule has 2 aliphatic heterocycles. The largest absolute Gasteiger partial charge is 0.373 e. The second kappa shape index (κ2) is 10.1. The van der Waals surface area contributed by atoms with E-state index in [1.807, 2.05) is 19.1 Å². The normalized spacial score (nSPS) is 26.0. The van der Waals surface area contributed by atoms with Crippen LogP contribution in [-0.4, -0.2) is 57.1 Å². The number of guanidine groups is 1. The number of aliphatic imine (C=N–C) groups is 1. The van der Waals surface area contributed by atoms with Crippen molar-refractivity contribution in [3.05, 3.63) is 29.8 Å². The van der Waals surface area contributed by atoms with E-state index in [2.05, 4.69) is 29.5 Å². The molecule has 3 rings (SSSR count).